The van der Waals surface area contributed by atoms with Crippen LogP contribution in [-0.4, -0.2) is 25.1 Å². The van der Waals surface area contributed by atoms with E-state index in [2.05, 4.69) is 15.0 Å². The monoisotopic (exact) mass is 313 g/mol. The summed E-state index contributed by atoms with van der Waals surface area (Å²) in [5.74, 6) is 0.307. The summed E-state index contributed by atoms with van der Waals surface area (Å²) in [4.78, 5) is 13.6. The quantitative estimate of drug-likeness (QED) is 0.740. The van der Waals surface area contributed by atoms with Gasteiger partial charge in [0.05, 0.1) is 10.9 Å². The number of aromatic nitrogens is 1. The summed E-state index contributed by atoms with van der Waals surface area (Å²) in [6, 6.07) is 5.06. The number of carbonyl (C=O) groups is 1. The molecular weight excluding hydrogens is 302 g/mol. The predicted molar refractivity (Wildman–Crippen MR) is 78.6 cm³/mol. The highest BCUT2D eigenvalue weighted by molar-refractivity contribution is 7.93. The fourth-order valence-electron chi connectivity index (χ4n) is 2.04. The fourth-order valence-corrected chi connectivity index (χ4v) is 3.63. The Morgan fingerprint density at radius 3 is 2.75 bits per heavy atom. The molecule has 106 valence electrons. The molecule has 20 heavy (non-hydrogen) atoms. The average Bonchev–Trinajstić information content (AvgIpc) is 3.19. The number of hydrogen-bond acceptors (Lipinski definition) is 3. The first-order valence-electron chi connectivity index (χ1n) is 6.04. The SMILES string of the molecule is O=CNc1[nH]c2ccc(Cl)cc2c1NS(=O)(=O)C1CC1. The van der Waals surface area contributed by atoms with Gasteiger partial charge < -0.3 is 10.3 Å². The fraction of sp³-hybridized carbons (Fsp3) is 0.250. The number of nitrogens with one attached hydrogen (secondary N) is 3. The number of aromatic amines is 1. The number of carbonyl (C=O) groups excluding carboxylic acids is 1. The summed E-state index contributed by atoms with van der Waals surface area (Å²) >= 11 is 5.94. The highest BCUT2D eigenvalue weighted by Gasteiger charge is 2.36. The lowest BCUT2D eigenvalue weighted by Crippen LogP contribution is -2.18. The van der Waals surface area contributed by atoms with Crippen LogP contribution in [0.25, 0.3) is 10.9 Å². The molecule has 3 N–H and O–H groups in total. The van der Waals surface area contributed by atoms with Crippen molar-refractivity contribution in [1.29, 1.82) is 0 Å². The van der Waals surface area contributed by atoms with E-state index in [0.717, 1.165) is 0 Å². The van der Waals surface area contributed by atoms with Gasteiger partial charge in [0, 0.05) is 15.9 Å². The van der Waals surface area contributed by atoms with E-state index in [1.54, 1.807) is 18.2 Å². The molecule has 1 aliphatic rings. The molecule has 0 aliphatic heterocycles. The number of sulfonamides is 1. The van der Waals surface area contributed by atoms with Crippen LogP contribution >= 0.6 is 11.6 Å². The molecule has 2 aromatic rings. The zero-order chi connectivity index (χ0) is 14.3. The van der Waals surface area contributed by atoms with Gasteiger partial charge in [-0.2, -0.15) is 0 Å². The van der Waals surface area contributed by atoms with Crippen molar-refractivity contribution in [2.24, 2.45) is 0 Å². The minimum absolute atomic E-state index is 0.307. The Kier molecular flexibility index (Phi) is 3.10. The second kappa shape index (κ2) is 4.68. The summed E-state index contributed by atoms with van der Waals surface area (Å²) in [7, 11) is -3.42. The summed E-state index contributed by atoms with van der Waals surface area (Å²) in [5.41, 5.74) is 1.01. The first kappa shape index (κ1) is 13.3. The maximum absolute atomic E-state index is 12.1. The highest BCUT2D eigenvalue weighted by Crippen LogP contribution is 2.37. The Morgan fingerprint density at radius 1 is 1.35 bits per heavy atom. The van der Waals surface area contributed by atoms with Gasteiger partial charge in [-0.3, -0.25) is 9.52 Å². The van der Waals surface area contributed by atoms with Crippen LogP contribution in [0.4, 0.5) is 11.5 Å². The normalized spacial score (nSPS) is 15.2. The van der Waals surface area contributed by atoms with Gasteiger partial charge in [-0.1, -0.05) is 11.6 Å². The third kappa shape index (κ3) is 2.34. The third-order valence-electron chi connectivity index (χ3n) is 3.17. The second-order valence-electron chi connectivity index (χ2n) is 4.67. The first-order chi connectivity index (χ1) is 9.51. The van der Waals surface area contributed by atoms with Gasteiger partial charge in [-0.05, 0) is 31.0 Å². The number of fused-ring (bicyclic) bond motifs is 1. The van der Waals surface area contributed by atoms with Crippen molar-refractivity contribution in [3.8, 4) is 0 Å². The van der Waals surface area contributed by atoms with E-state index in [-0.39, 0.29) is 5.25 Å². The lowest BCUT2D eigenvalue weighted by Gasteiger charge is -2.08. The number of halogens is 1. The van der Waals surface area contributed by atoms with Crippen molar-refractivity contribution in [1.82, 2.24) is 4.98 Å². The summed E-state index contributed by atoms with van der Waals surface area (Å²) < 4.78 is 26.7. The van der Waals surface area contributed by atoms with Crippen LogP contribution in [0.2, 0.25) is 5.02 Å². The molecule has 0 unspecified atom stereocenters. The molecule has 0 atom stereocenters. The zero-order valence-electron chi connectivity index (χ0n) is 10.3. The number of rotatable bonds is 5. The van der Waals surface area contributed by atoms with Crippen LogP contribution < -0.4 is 10.0 Å². The molecule has 1 aromatic carbocycles. The van der Waals surface area contributed by atoms with E-state index in [1.807, 2.05) is 0 Å². The van der Waals surface area contributed by atoms with Crippen LogP contribution in [0.15, 0.2) is 18.2 Å². The molecular formula is C12H12ClN3O3S. The topological polar surface area (TPSA) is 91.1 Å². The molecule has 1 fully saturated rings. The van der Waals surface area contributed by atoms with E-state index in [0.29, 0.717) is 46.7 Å². The largest absolute Gasteiger partial charge is 0.339 e. The number of benzene rings is 1. The van der Waals surface area contributed by atoms with Gasteiger partial charge in [-0.15, -0.1) is 0 Å². The van der Waals surface area contributed by atoms with Crippen molar-refractivity contribution in [3.63, 3.8) is 0 Å². The summed E-state index contributed by atoms with van der Waals surface area (Å²) in [6.45, 7) is 0. The molecule has 1 heterocycles. The lowest BCUT2D eigenvalue weighted by molar-refractivity contribution is -0.105. The van der Waals surface area contributed by atoms with Gasteiger partial charge in [0.1, 0.15) is 5.82 Å². The molecule has 0 radical (unpaired) electrons. The van der Waals surface area contributed by atoms with Crippen LogP contribution in [-0.2, 0) is 14.8 Å². The smallest absolute Gasteiger partial charge is 0.235 e. The standard InChI is InChI=1S/C12H12ClN3O3S/c13-7-1-4-10-9(5-7)11(12(15-10)14-6-17)16-20(18,19)8-2-3-8/h1,4-6,8,15-16H,2-3H2,(H,14,17). The van der Waals surface area contributed by atoms with E-state index in [9.17, 15) is 13.2 Å². The Labute approximate surface area is 120 Å². The molecule has 6 nitrogen and oxygen atoms in total. The van der Waals surface area contributed by atoms with Crippen LogP contribution in [0.5, 0.6) is 0 Å². The van der Waals surface area contributed by atoms with Crippen molar-refractivity contribution in [2.75, 3.05) is 10.0 Å². The maximum atomic E-state index is 12.1. The van der Waals surface area contributed by atoms with Gasteiger partial charge >= 0.3 is 0 Å². The van der Waals surface area contributed by atoms with Crippen molar-refractivity contribution >= 4 is 50.4 Å². The molecule has 3 rings (SSSR count). The van der Waals surface area contributed by atoms with Gasteiger partial charge in [0.2, 0.25) is 16.4 Å². The van der Waals surface area contributed by atoms with Crippen LogP contribution in [0, 0.1) is 0 Å². The highest BCUT2D eigenvalue weighted by atomic mass is 35.5. The Bertz CT molecular complexity index is 781. The van der Waals surface area contributed by atoms with Crippen molar-refractivity contribution in [2.45, 2.75) is 18.1 Å². The summed E-state index contributed by atoms with van der Waals surface area (Å²) in [6.07, 6.45) is 1.81. The Balaban J connectivity index is 2.12. The van der Waals surface area contributed by atoms with E-state index < -0.39 is 10.0 Å². The average molecular weight is 314 g/mol. The third-order valence-corrected chi connectivity index (χ3v) is 5.24. The zero-order valence-corrected chi connectivity index (χ0v) is 11.9. The van der Waals surface area contributed by atoms with E-state index in [1.165, 1.54) is 0 Å². The van der Waals surface area contributed by atoms with Crippen molar-refractivity contribution in [3.05, 3.63) is 23.2 Å². The van der Waals surface area contributed by atoms with Crippen molar-refractivity contribution < 1.29 is 13.2 Å². The summed E-state index contributed by atoms with van der Waals surface area (Å²) in [5, 5.41) is 3.21. The lowest BCUT2D eigenvalue weighted by atomic mass is 10.2. The second-order valence-corrected chi connectivity index (χ2v) is 7.07. The van der Waals surface area contributed by atoms with Crippen LogP contribution in [0.3, 0.4) is 0 Å². The number of H-pyrrole nitrogens is 1. The molecule has 0 bridgehead atoms. The molecule has 1 aliphatic carbocycles. The minimum Gasteiger partial charge on any atom is -0.339 e. The molecule has 8 heteroatoms. The number of anilines is 2. The Morgan fingerprint density at radius 2 is 2.10 bits per heavy atom. The maximum Gasteiger partial charge on any atom is 0.235 e. The number of hydrogen-bond donors (Lipinski definition) is 3. The van der Waals surface area contributed by atoms with E-state index in [4.69, 9.17) is 11.6 Å². The molecule has 0 saturated heterocycles. The predicted octanol–water partition coefficient (Wildman–Crippen LogP) is 2.29. The van der Waals surface area contributed by atoms with Gasteiger partial charge in [0.25, 0.3) is 0 Å². The number of amides is 1. The molecule has 1 saturated carbocycles. The molecule has 1 amide bonds. The minimum atomic E-state index is -3.42. The molecule has 1 aromatic heterocycles. The van der Waals surface area contributed by atoms with E-state index >= 15 is 0 Å². The Hall–Kier alpha value is -1.73. The van der Waals surface area contributed by atoms with Gasteiger partial charge in [0.15, 0.2) is 0 Å². The van der Waals surface area contributed by atoms with Gasteiger partial charge in [-0.25, -0.2) is 8.42 Å². The molecule has 0 spiro atoms. The van der Waals surface area contributed by atoms with Crippen LogP contribution in [0.1, 0.15) is 12.8 Å². The first-order valence-corrected chi connectivity index (χ1v) is 7.97.